The molecule has 0 unspecified atom stereocenters. The number of thioether (sulfide) groups is 2. The summed E-state index contributed by atoms with van der Waals surface area (Å²) in [5.74, 6) is -2.11. The number of thiazole rings is 1. The first-order valence-electron chi connectivity index (χ1n) is 11.3. The highest BCUT2D eigenvalue weighted by Gasteiger charge is 2.54. The molecule has 2 fully saturated rings. The first kappa shape index (κ1) is 25.9. The molecule has 0 bridgehead atoms. The monoisotopic (exact) mass is 572 g/mol. The van der Waals surface area contributed by atoms with Crippen LogP contribution in [0.25, 0.3) is 0 Å². The van der Waals surface area contributed by atoms with E-state index >= 15 is 0 Å². The predicted octanol–water partition coefficient (Wildman–Crippen LogP) is 2.03. The fraction of sp³-hybridized carbons (Fsp3) is 0.261. The number of carbonyl (C=O) groups excluding carboxylic acids is 3. The van der Waals surface area contributed by atoms with E-state index in [-0.39, 0.29) is 28.3 Å². The van der Waals surface area contributed by atoms with E-state index in [2.05, 4.69) is 25.8 Å². The molecule has 0 radical (unpaired) electrons. The number of oxime groups is 1. The number of amides is 3. The molecule has 12 nitrogen and oxygen atoms in total. The molecule has 1 saturated heterocycles. The summed E-state index contributed by atoms with van der Waals surface area (Å²) in [6, 6.07) is 2.73. The molecule has 3 aliphatic rings. The van der Waals surface area contributed by atoms with Crippen molar-refractivity contribution < 1.29 is 29.1 Å². The van der Waals surface area contributed by atoms with E-state index < -0.39 is 29.2 Å². The van der Waals surface area contributed by atoms with Gasteiger partial charge in [0.05, 0.1) is 0 Å². The number of fused-ring (bicyclic) bond motifs is 1. The summed E-state index contributed by atoms with van der Waals surface area (Å²) in [4.78, 5) is 64.7. The molecule has 1 aliphatic carbocycles. The lowest BCUT2D eigenvalue weighted by molar-refractivity contribution is -0.150. The summed E-state index contributed by atoms with van der Waals surface area (Å²) in [5.41, 5.74) is 0.430. The Morgan fingerprint density at radius 1 is 1.34 bits per heavy atom. The van der Waals surface area contributed by atoms with E-state index in [1.54, 1.807) is 29.9 Å². The molecule has 2 atom stereocenters. The lowest BCUT2D eigenvalue weighted by atomic mass is 10.0. The van der Waals surface area contributed by atoms with Crippen molar-refractivity contribution in [3.63, 3.8) is 0 Å². The van der Waals surface area contributed by atoms with Gasteiger partial charge in [0.1, 0.15) is 28.9 Å². The zero-order valence-electron chi connectivity index (χ0n) is 19.5. The van der Waals surface area contributed by atoms with E-state index in [0.717, 1.165) is 29.1 Å². The number of hydrogen-bond donors (Lipinski definition) is 3. The third kappa shape index (κ3) is 5.58. The van der Waals surface area contributed by atoms with Gasteiger partial charge in [0, 0.05) is 28.4 Å². The van der Waals surface area contributed by atoms with Gasteiger partial charge in [-0.15, -0.1) is 23.1 Å². The quantitative estimate of drug-likeness (QED) is 0.119. The molecule has 4 heterocycles. The van der Waals surface area contributed by atoms with Crippen LogP contribution in [0.3, 0.4) is 0 Å². The number of aliphatic carboxylic acids is 1. The molecule has 5 rings (SSSR count). The molecule has 2 aromatic rings. The van der Waals surface area contributed by atoms with Crippen LogP contribution in [0.5, 0.6) is 0 Å². The minimum atomic E-state index is -1.22. The first-order chi connectivity index (χ1) is 18.5. The van der Waals surface area contributed by atoms with Gasteiger partial charge in [-0.05, 0) is 42.0 Å². The van der Waals surface area contributed by atoms with Crippen LogP contribution in [-0.2, 0) is 24.0 Å². The standard InChI is InChI=1S/C23H20N6O6S3/c30-11-25-23-26-15(10-38-23)16(28-35-13-3-4-13)19(31)27-17-20(32)29-18(22(33)34)12(9-37-21(17)29)5-7-36-14-2-1-6-24-8-14/h1-2,5-8,10-11,13,17,21H,3-4,9H2,(H,27,31)(H,33,34)(H,25,26,30)/b7-5+,28-16-/t17-,21-/m1/s1. The number of aromatic nitrogens is 2. The van der Waals surface area contributed by atoms with Gasteiger partial charge >= 0.3 is 5.97 Å². The molecular formula is C23H20N6O6S3. The fourth-order valence-corrected chi connectivity index (χ4v) is 6.24. The Labute approximate surface area is 228 Å². The molecule has 15 heteroatoms. The topological polar surface area (TPSA) is 163 Å². The molecule has 0 spiro atoms. The summed E-state index contributed by atoms with van der Waals surface area (Å²) in [6.45, 7) is 0. The smallest absolute Gasteiger partial charge is 0.352 e. The molecule has 0 aromatic carbocycles. The number of nitrogens with one attached hydrogen (secondary N) is 2. The van der Waals surface area contributed by atoms with Crippen molar-refractivity contribution in [3.8, 4) is 0 Å². The van der Waals surface area contributed by atoms with Crippen LogP contribution < -0.4 is 10.6 Å². The minimum absolute atomic E-state index is 0.0789. The third-order valence-electron chi connectivity index (χ3n) is 5.56. The van der Waals surface area contributed by atoms with E-state index in [9.17, 15) is 24.3 Å². The van der Waals surface area contributed by atoms with Crippen LogP contribution in [0.1, 0.15) is 18.5 Å². The third-order valence-corrected chi connectivity index (χ3v) is 8.42. The zero-order chi connectivity index (χ0) is 26.6. The van der Waals surface area contributed by atoms with Crippen LogP contribution in [0, 0.1) is 0 Å². The number of allylic oxidation sites excluding steroid dienone is 1. The highest BCUT2D eigenvalue weighted by molar-refractivity contribution is 8.02. The Morgan fingerprint density at radius 2 is 2.18 bits per heavy atom. The second-order valence-corrected chi connectivity index (χ2v) is 11.1. The van der Waals surface area contributed by atoms with Crippen molar-refractivity contribution in [2.24, 2.45) is 5.16 Å². The van der Waals surface area contributed by atoms with Crippen molar-refractivity contribution in [1.82, 2.24) is 20.2 Å². The number of anilines is 1. The predicted molar refractivity (Wildman–Crippen MR) is 141 cm³/mol. The Morgan fingerprint density at radius 3 is 2.89 bits per heavy atom. The number of carboxylic acid groups (broad SMARTS) is 1. The molecule has 2 aliphatic heterocycles. The molecule has 38 heavy (non-hydrogen) atoms. The summed E-state index contributed by atoms with van der Waals surface area (Å²) >= 11 is 3.84. The highest BCUT2D eigenvalue weighted by Crippen LogP contribution is 2.41. The van der Waals surface area contributed by atoms with Crippen molar-refractivity contribution >= 4 is 69.9 Å². The Bertz CT molecular complexity index is 1360. The van der Waals surface area contributed by atoms with Crippen molar-refractivity contribution in [3.05, 3.63) is 58.4 Å². The number of rotatable bonds is 11. The van der Waals surface area contributed by atoms with Crippen LogP contribution in [0.15, 0.2) is 62.7 Å². The van der Waals surface area contributed by atoms with Crippen molar-refractivity contribution in [2.75, 3.05) is 11.1 Å². The fourth-order valence-electron chi connectivity index (χ4n) is 3.60. The molecular weight excluding hydrogens is 552 g/mol. The Hall–Kier alpha value is -3.69. The first-order valence-corrected chi connectivity index (χ1v) is 14.1. The van der Waals surface area contributed by atoms with Crippen LogP contribution in [-0.4, -0.2) is 73.2 Å². The maximum absolute atomic E-state index is 13.1. The molecule has 196 valence electrons. The second kappa shape index (κ2) is 11.4. The average molecular weight is 573 g/mol. The van der Waals surface area contributed by atoms with E-state index in [4.69, 9.17) is 4.84 Å². The summed E-state index contributed by atoms with van der Waals surface area (Å²) in [7, 11) is 0. The lowest BCUT2D eigenvalue weighted by Gasteiger charge is -2.49. The molecule has 2 aromatic heterocycles. The largest absolute Gasteiger partial charge is 0.477 e. The maximum atomic E-state index is 13.1. The van der Waals surface area contributed by atoms with Crippen LogP contribution in [0.4, 0.5) is 5.13 Å². The van der Waals surface area contributed by atoms with Crippen molar-refractivity contribution in [2.45, 2.75) is 35.3 Å². The van der Waals surface area contributed by atoms with Crippen LogP contribution >= 0.6 is 34.9 Å². The van der Waals surface area contributed by atoms with Gasteiger partial charge in [0.15, 0.2) is 10.8 Å². The summed E-state index contributed by atoms with van der Waals surface area (Å²) in [6.07, 6.45) is 7.07. The SMILES string of the molecule is O=CNc1nc(/C(=N/OC2CC2)C(=O)N[C@@H]2C(=O)N3C(C(=O)O)=C(/C=C/Sc4cccnc4)CS[C@H]23)cs1. The van der Waals surface area contributed by atoms with Crippen LogP contribution in [0.2, 0.25) is 0 Å². The normalized spacial score (nSPS) is 21.1. The number of carbonyl (C=O) groups is 4. The number of nitrogens with zero attached hydrogens (tertiary/aromatic N) is 4. The molecule has 3 amide bonds. The van der Waals surface area contributed by atoms with Crippen molar-refractivity contribution in [1.29, 1.82) is 0 Å². The number of pyridine rings is 1. The molecule has 1 saturated carbocycles. The minimum Gasteiger partial charge on any atom is -0.477 e. The van der Waals surface area contributed by atoms with Gasteiger partial charge < -0.3 is 20.6 Å². The lowest BCUT2D eigenvalue weighted by Crippen LogP contribution is -2.71. The van der Waals surface area contributed by atoms with Gasteiger partial charge in [-0.25, -0.2) is 9.78 Å². The van der Waals surface area contributed by atoms with Gasteiger partial charge in [-0.3, -0.25) is 24.3 Å². The second-order valence-electron chi connectivity index (χ2n) is 8.19. The number of hydrogen-bond acceptors (Lipinski definition) is 11. The summed E-state index contributed by atoms with van der Waals surface area (Å²) < 4.78 is 0. The Balaban J connectivity index is 1.30. The maximum Gasteiger partial charge on any atom is 0.352 e. The van der Waals surface area contributed by atoms with E-state index in [1.165, 1.54) is 33.8 Å². The Kier molecular flexibility index (Phi) is 7.76. The van der Waals surface area contributed by atoms with E-state index in [1.807, 2.05) is 6.07 Å². The summed E-state index contributed by atoms with van der Waals surface area (Å²) in [5, 5.41) is 21.9. The zero-order valence-corrected chi connectivity index (χ0v) is 21.9. The van der Waals surface area contributed by atoms with E-state index in [0.29, 0.717) is 17.7 Å². The average Bonchev–Trinajstić information content (AvgIpc) is 3.64. The van der Waals surface area contributed by atoms with Gasteiger partial charge in [-0.1, -0.05) is 16.9 Å². The van der Waals surface area contributed by atoms with Gasteiger partial charge in [-0.2, -0.15) is 0 Å². The van der Waals surface area contributed by atoms with Gasteiger partial charge in [0.25, 0.3) is 11.8 Å². The highest BCUT2D eigenvalue weighted by atomic mass is 32.2. The number of carboxylic acids is 1. The number of β-lactam (4-membered cyclic amide) rings is 1. The molecule has 3 N–H and O–H groups in total. The van der Waals surface area contributed by atoms with Gasteiger partial charge in [0.2, 0.25) is 6.41 Å².